The molecule has 0 aromatic carbocycles. The molecule has 0 aromatic rings. The van der Waals surface area contributed by atoms with E-state index in [1.54, 1.807) is 13.2 Å². The summed E-state index contributed by atoms with van der Waals surface area (Å²) in [5, 5.41) is 6.93. The zero-order chi connectivity index (χ0) is 6.57. The molecule has 0 atom stereocenters. The van der Waals surface area contributed by atoms with Crippen LogP contribution in [0, 0.1) is 5.41 Å². The Balaban J connectivity index is 3.80. The summed E-state index contributed by atoms with van der Waals surface area (Å²) in [5.41, 5.74) is 5.55. The summed E-state index contributed by atoms with van der Waals surface area (Å²) >= 11 is 1.26. The van der Waals surface area contributed by atoms with E-state index in [1.165, 1.54) is 11.9 Å². The van der Waals surface area contributed by atoms with Crippen molar-refractivity contribution >= 4 is 23.5 Å². The maximum atomic E-state index is 6.93. The number of nitrogens with one attached hydrogen (secondary N) is 1. The SMILES string of the molecule is CS/N=C(/N)C(C)=N. The first-order valence-corrected chi connectivity index (χ1v) is 3.28. The highest BCUT2D eigenvalue weighted by Gasteiger charge is 1.90. The van der Waals surface area contributed by atoms with Crippen LogP contribution in [-0.4, -0.2) is 17.8 Å². The largest absolute Gasteiger partial charge is 0.382 e. The van der Waals surface area contributed by atoms with Crippen molar-refractivity contribution in [2.45, 2.75) is 6.92 Å². The number of rotatable bonds is 2. The first-order valence-electron chi connectivity index (χ1n) is 2.10. The fourth-order valence-corrected chi connectivity index (χ4v) is 0.500. The Bertz CT molecular complexity index is 118. The average Bonchev–Trinajstić information content (AvgIpc) is 1.67. The maximum absolute atomic E-state index is 6.93. The minimum Gasteiger partial charge on any atom is -0.382 e. The molecular weight excluding hydrogens is 122 g/mol. The third-order valence-corrected chi connectivity index (χ3v) is 0.953. The Labute approximate surface area is 53.0 Å². The molecule has 0 rings (SSSR count). The highest BCUT2D eigenvalue weighted by Crippen LogP contribution is 1.91. The summed E-state index contributed by atoms with van der Waals surface area (Å²) in [6.45, 7) is 1.61. The molecule has 8 heavy (non-hydrogen) atoms. The van der Waals surface area contributed by atoms with Gasteiger partial charge in [0.1, 0.15) is 0 Å². The van der Waals surface area contributed by atoms with Gasteiger partial charge >= 0.3 is 0 Å². The van der Waals surface area contributed by atoms with Crippen LogP contribution in [0.3, 0.4) is 0 Å². The molecule has 46 valence electrons. The lowest BCUT2D eigenvalue weighted by Crippen LogP contribution is -2.19. The molecule has 0 aliphatic rings. The van der Waals surface area contributed by atoms with Crippen molar-refractivity contribution in [1.82, 2.24) is 0 Å². The van der Waals surface area contributed by atoms with Gasteiger partial charge in [0.15, 0.2) is 5.84 Å². The quantitative estimate of drug-likeness (QED) is 0.328. The number of hydrogen-bond donors (Lipinski definition) is 2. The van der Waals surface area contributed by atoms with Gasteiger partial charge in [-0.3, -0.25) is 0 Å². The molecule has 0 amide bonds. The predicted octanol–water partition coefficient (Wildman–Crippen LogP) is 0.661. The third kappa shape index (κ3) is 2.63. The molecule has 0 saturated heterocycles. The number of nitrogens with two attached hydrogens (primary N) is 1. The average molecular weight is 131 g/mol. The molecule has 0 unspecified atom stereocenters. The van der Waals surface area contributed by atoms with Crippen molar-refractivity contribution in [2.24, 2.45) is 10.1 Å². The van der Waals surface area contributed by atoms with Gasteiger partial charge in [0.2, 0.25) is 0 Å². The number of hydrogen-bond acceptors (Lipinski definition) is 3. The lowest BCUT2D eigenvalue weighted by Gasteiger charge is -1.90. The minimum atomic E-state index is 0.303. The van der Waals surface area contributed by atoms with Crippen LogP contribution in [0.5, 0.6) is 0 Å². The lowest BCUT2D eigenvalue weighted by atomic mass is 10.4. The third-order valence-electron chi connectivity index (χ3n) is 0.574. The molecule has 0 heterocycles. The lowest BCUT2D eigenvalue weighted by molar-refractivity contribution is 1.49. The van der Waals surface area contributed by atoms with Crippen LogP contribution >= 0.6 is 11.9 Å². The van der Waals surface area contributed by atoms with Gasteiger partial charge in [0, 0.05) is 6.26 Å². The summed E-state index contributed by atoms with van der Waals surface area (Å²) in [5.74, 6) is 0.303. The smallest absolute Gasteiger partial charge is 0.152 e. The van der Waals surface area contributed by atoms with E-state index in [0.29, 0.717) is 11.5 Å². The molecule has 0 aliphatic heterocycles. The Kier molecular flexibility index (Phi) is 3.26. The van der Waals surface area contributed by atoms with Gasteiger partial charge in [-0.2, -0.15) is 4.40 Å². The van der Waals surface area contributed by atoms with Crippen LogP contribution in [0.15, 0.2) is 4.40 Å². The molecular formula is C4H9N3S. The Morgan fingerprint density at radius 2 is 2.25 bits per heavy atom. The molecule has 0 radical (unpaired) electrons. The monoisotopic (exact) mass is 131 g/mol. The van der Waals surface area contributed by atoms with E-state index in [0.717, 1.165) is 0 Å². The van der Waals surface area contributed by atoms with E-state index in [2.05, 4.69) is 4.40 Å². The fourth-order valence-electron chi connectivity index (χ4n) is 0.167. The van der Waals surface area contributed by atoms with Crippen LogP contribution in [-0.2, 0) is 0 Å². The molecule has 0 bridgehead atoms. The molecule has 0 spiro atoms. The van der Waals surface area contributed by atoms with E-state index in [1.807, 2.05) is 0 Å². The van der Waals surface area contributed by atoms with Crippen LogP contribution in [0.4, 0.5) is 0 Å². The summed E-state index contributed by atoms with van der Waals surface area (Å²) in [6.07, 6.45) is 1.80. The van der Waals surface area contributed by atoms with Crippen molar-refractivity contribution in [3.8, 4) is 0 Å². The Hall–Kier alpha value is -0.510. The van der Waals surface area contributed by atoms with Crippen molar-refractivity contribution in [3.63, 3.8) is 0 Å². The first-order chi connectivity index (χ1) is 3.68. The highest BCUT2D eigenvalue weighted by molar-refractivity contribution is 7.97. The van der Waals surface area contributed by atoms with E-state index >= 15 is 0 Å². The fraction of sp³-hybridized carbons (Fsp3) is 0.500. The topological polar surface area (TPSA) is 62.2 Å². The van der Waals surface area contributed by atoms with Crippen molar-refractivity contribution in [3.05, 3.63) is 0 Å². The molecule has 4 heteroatoms. The van der Waals surface area contributed by atoms with Crippen LogP contribution < -0.4 is 5.73 Å². The molecule has 3 N–H and O–H groups in total. The van der Waals surface area contributed by atoms with E-state index in [9.17, 15) is 0 Å². The van der Waals surface area contributed by atoms with E-state index in [-0.39, 0.29) is 0 Å². The predicted molar refractivity (Wildman–Crippen MR) is 38.5 cm³/mol. The molecule has 3 nitrogen and oxygen atoms in total. The van der Waals surface area contributed by atoms with Gasteiger partial charge in [-0.1, -0.05) is 0 Å². The molecule has 0 aliphatic carbocycles. The molecule has 0 aromatic heterocycles. The second kappa shape index (κ2) is 3.49. The Morgan fingerprint density at radius 1 is 1.75 bits per heavy atom. The van der Waals surface area contributed by atoms with Gasteiger partial charge in [-0.05, 0) is 18.9 Å². The van der Waals surface area contributed by atoms with Gasteiger partial charge in [-0.25, -0.2) is 0 Å². The van der Waals surface area contributed by atoms with Gasteiger partial charge in [-0.15, -0.1) is 0 Å². The van der Waals surface area contributed by atoms with Gasteiger partial charge in [0.05, 0.1) is 5.71 Å². The second-order valence-corrected chi connectivity index (χ2v) is 1.83. The van der Waals surface area contributed by atoms with Gasteiger partial charge < -0.3 is 11.1 Å². The number of amidine groups is 1. The van der Waals surface area contributed by atoms with Crippen molar-refractivity contribution in [1.29, 1.82) is 5.41 Å². The van der Waals surface area contributed by atoms with Crippen molar-refractivity contribution in [2.75, 3.05) is 6.26 Å². The van der Waals surface area contributed by atoms with E-state index in [4.69, 9.17) is 11.1 Å². The Morgan fingerprint density at radius 3 is 2.38 bits per heavy atom. The standard InChI is InChI=1S/C4H9N3S/c1-3(5)4(6)7-8-2/h5H,1-2H3,(H2,6,7). The molecule has 0 fully saturated rings. The maximum Gasteiger partial charge on any atom is 0.152 e. The highest BCUT2D eigenvalue weighted by atomic mass is 32.2. The molecule has 0 saturated carbocycles. The van der Waals surface area contributed by atoms with Crippen LogP contribution in [0.1, 0.15) is 6.92 Å². The first kappa shape index (κ1) is 7.49. The second-order valence-electron chi connectivity index (χ2n) is 1.28. The number of nitrogens with zero attached hydrogens (tertiary/aromatic N) is 1. The van der Waals surface area contributed by atoms with E-state index < -0.39 is 0 Å². The summed E-state index contributed by atoms with van der Waals surface area (Å²) in [4.78, 5) is 0. The van der Waals surface area contributed by atoms with Gasteiger partial charge in [0.25, 0.3) is 0 Å². The summed E-state index contributed by atoms with van der Waals surface area (Å²) in [6, 6.07) is 0. The summed E-state index contributed by atoms with van der Waals surface area (Å²) < 4.78 is 3.71. The zero-order valence-corrected chi connectivity index (χ0v) is 5.75. The minimum absolute atomic E-state index is 0.303. The summed E-state index contributed by atoms with van der Waals surface area (Å²) in [7, 11) is 0. The van der Waals surface area contributed by atoms with Crippen molar-refractivity contribution < 1.29 is 0 Å². The van der Waals surface area contributed by atoms with Crippen LogP contribution in [0.25, 0.3) is 0 Å². The zero-order valence-electron chi connectivity index (χ0n) is 4.93. The van der Waals surface area contributed by atoms with Crippen LogP contribution in [0.2, 0.25) is 0 Å². The normalized spacial score (nSPS) is 11.5.